The second-order valence-electron chi connectivity index (χ2n) is 9.11. The van der Waals surface area contributed by atoms with Crippen molar-refractivity contribution in [3.63, 3.8) is 0 Å². The number of carbonyl (C=O) groups is 1. The van der Waals surface area contributed by atoms with Gasteiger partial charge in [-0.25, -0.2) is 0 Å². The van der Waals surface area contributed by atoms with Crippen LogP contribution in [0.15, 0.2) is 16.5 Å². The fourth-order valence-electron chi connectivity index (χ4n) is 6.00. The van der Waals surface area contributed by atoms with Crippen molar-refractivity contribution >= 4 is 63.9 Å². The minimum Gasteiger partial charge on any atom is -0.482 e. The van der Waals surface area contributed by atoms with Gasteiger partial charge >= 0.3 is 0 Å². The molecular weight excluding hydrogens is 504 g/mol. The molecule has 1 aromatic heterocycles. The second kappa shape index (κ2) is 8.22. The van der Waals surface area contributed by atoms with E-state index in [1.165, 1.54) is 19.3 Å². The van der Waals surface area contributed by atoms with Gasteiger partial charge in [0.1, 0.15) is 22.4 Å². The Bertz CT molecular complexity index is 986. The van der Waals surface area contributed by atoms with Crippen molar-refractivity contribution in [1.29, 1.82) is 0 Å². The summed E-state index contributed by atoms with van der Waals surface area (Å²) >= 11 is 30.5. The molecule has 4 bridgehead atoms. The number of hydrogen-bond acceptors (Lipinski definition) is 3. The fraction of sp³-hybridized carbons (Fsp3) is 0.500. The van der Waals surface area contributed by atoms with Gasteiger partial charge in [-0.15, -0.1) is 0 Å². The molecule has 1 N–H and O–H groups in total. The van der Waals surface area contributed by atoms with Gasteiger partial charge in [0.2, 0.25) is 0 Å². The van der Waals surface area contributed by atoms with Gasteiger partial charge in [-0.05, 0) is 68.4 Å². The molecule has 0 aliphatic heterocycles. The van der Waals surface area contributed by atoms with E-state index in [9.17, 15) is 4.79 Å². The van der Waals surface area contributed by atoms with Crippen molar-refractivity contribution in [2.24, 2.45) is 17.8 Å². The van der Waals surface area contributed by atoms with Crippen molar-refractivity contribution < 1.29 is 13.9 Å². The summed E-state index contributed by atoms with van der Waals surface area (Å²) in [6.07, 6.45) is 7.20. The lowest BCUT2D eigenvalue weighted by Crippen LogP contribution is -2.59. The predicted octanol–water partition coefficient (Wildman–Crippen LogP) is 7.82. The van der Waals surface area contributed by atoms with E-state index in [0.29, 0.717) is 5.76 Å². The molecule has 4 fully saturated rings. The predicted molar refractivity (Wildman–Crippen MR) is 123 cm³/mol. The molecule has 0 saturated heterocycles. The monoisotopic (exact) mass is 521 g/mol. The zero-order valence-electron chi connectivity index (χ0n) is 16.5. The zero-order chi connectivity index (χ0) is 21.9. The molecule has 0 unspecified atom stereocenters. The summed E-state index contributed by atoms with van der Waals surface area (Å²) in [5, 5.41) is 3.61. The maximum absolute atomic E-state index is 12.9. The molecule has 0 atom stereocenters. The van der Waals surface area contributed by atoms with Crippen molar-refractivity contribution in [3.8, 4) is 5.75 Å². The third-order valence-corrected chi connectivity index (χ3v) is 9.07. The van der Waals surface area contributed by atoms with Gasteiger partial charge in [-0.1, -0.05) is 58.0 Å². The van der Waals surface area contributed by atoms with E-state index in [1.54, 1.807) is 12.1 Å². The number of furan rings is 1. The van der Waals surface area contributed by atoms with E-state index in [0.717, 1.165) is 37.0 Å². The molecule has 9 heteroatoms. The highest BCUT2D eigenvalue weighted by Crippen LogP contribution is 2.55. The molecule has 6 rings (SSSR count). The maximum atomic E-state index is 12.9. The van der Waals surface area contributed by atoms with Crippen LogP contribution in [0.1, 0.15) is 54.8 Å². The quantitative estimate of drug-likeness (QED) is 0.321. The summed E-state index contributed by atoms with van der Waals surface area (Å²) < 4.78 is 11.4. The largest absolute Gasteiger partial charge is 0.482 e. The van der Waals surface area contributed by atoms with Crippen molar-refractivity contribution in [1.82, 2.24) is 5.32 Å². The number of hydrogen-bond donors (Lipinski definition) is 1. The number of halogens is 5. The molecule has 0 spiro atoms. The van der Waals surface area contributed by atoms with Crippen LogP contribution in [0, 0.1) is 17.8 Å². The molecule has 2 aromatic rings. The van der Waals surface area contributed by atoms with Gasteiger partial charge in [-0.2, -0.15) is 0 Å². The molecule has 4 saturated carbocycles. The summed E-state index contributed by atoms with van der Waals surface area (Å²) in [4.78, 5) is 12.9. The topological polar surface area (TPSA) is 51.5 Å². The Labute approximate surface area is 205 Å². The highest BCUT2D eigenvalue weighted by molar-refractivity contribution is 6.55. The first-order valence-electron chi connectivity index (χ1n) is 10.3. The Hall–Kier alpha value is -0.780. The van der Waals surface area contributed by atoms with Crippen LogP contribution in [0.3, 0.4) is 0 Å². The first kappa shape index (κ1) is 22.0. The Balaban J connectivity index is 1.27. The average Bonchev–Trinajstić information content (AvgIpc) is 3.19. The lowest BCUT2D eigenvalue weighted by Gasteiger charge is -2.56. The number of carbonyl (C=O) groups excluding carboxylic acids is 1. The highest BCUT2D eigenvalue weighted by Gasteiger charge is 2.51. The molecule has 1 aromatic carbocycles. The van der Waals surface area contributed by atoms with Gasteiger partial charge in [-0.3, -0.25) is 4.79 Å². The molecule has 4 aliphatic rings. The minimum absolute atomic E-state index is 0.00161. The normalized spacial score (nSPS) is 28.7. The average molecular weight is 524 g/mol. The molecular formula is C22H20Cl5NO3. The summed E-state index contributed by atoms with van der Waals surface area (Å²) in [5.41, 5.74) is -0.0762. The standard InChI is InChI=1S/C22H20Cl5NO3/c23-15-16(24)18(26)20(19(27)17(15)25)30-9-13-1-2-14(31-13)21(29)28-22-6-10-3-11(7-22)5-12(4-10)8-22/h1-2,10-12H,3-9H2,(H,28,29). The molecule has 0 radical (unpaired) electrons. The summed E-state index contributed by atoms with van der Waals surface area (Å²) in [5.74, 6) is 2.89. The van der Waals surface area contributed by atoms with E-state index >= 15 is 0 Å². The summed E-state index contributed by atoms with van der Waals surface area (Å²) in [6, 6.07) is 3.34. The smallest absolute Gasteiger partial charge is 0.287 e. The molecule has 31 heavy (non-hydrogen) atoms. The lowest BCUT2D eigenvalue weighted by molar-refractivity contribution is -0.0171. The first-order chi connectivity index (χ1) is 14.7. The number of benzene rings is 1. The van der Waals surface area contributed by atoms with Gasteiger partial charge in [0.05, 0.1) is 15.1 Å². The fourth-order valence-corrected chi connectivity index (χ4v) is 7.23. The van der Waals surface area contributed by atoms with E-state index in [-0.39, 0.29) is 54.7 Å². The Kier molecular flexibility index (Phi) is 5.84. The third-order valence-electron chi connectivity index (χ3n) is 6.83. The van der Waals surface area contributed by atoms with Crippen LogP contribution in [0.5, 0.6) is 5.75 Å². The molecule has 4 aliphatic carbocycles. The minimum atomic E-state index is -0.179. The highest BCUT2D eigenvalue weighted by atomic mass is 35.5. The third kappa shape index (κ3) is 4.04. The number of amides is 1. The van der Waals surface area contributed by atoms with E-state index in [2.05, 4.69) is 5.32 Å². The second-order valence-corrected chi connectivity index (χ2v) is 11.0. The van der Waals surface area contributed by atoms with Crippen molar-refractivity contribution in [2.45, 2.75) is 50.7 Å². The van der Waals surface area contributed by atoms with Crippen LogP contribution >= 0.6 is 58.0 Å². The van der Waals surface area contributed by atoms with E-state index in [1.807, 2.05) is 0 Å². The number of rotatable bonds is 5. The van der Waals surface area contributed by atoms with Gasteiger partial charge in [0.25, 0.3) is 5.91 Å². The lowest BCUT2D eigenvalue weighted by atomic mass is 9.53. The Morgan fingerprint density at radius 2 is 1.42 bits per heavy atom. The number of ether oxygens (including phenoxy) is 1. The maximum Gasteiger partial charge on any atom is 0.287 e. The van der Waals surface area contributed by atoms with Crippen LogP contribution in [0.4, 0.5) is 0 Å². The first-order valence-corrected chi connectivity index (χ1v) is 12.2. The van der Waals surface area contributed by atoms with Crippen LogP contribution in [-0.4, -0.2) is 11.4 Å². The SMILES string of the molecule is O=C(NC12CC3CC(CC(C3)C1)C2)c1ccc(COc2c(Cl)c(Cl)c(Cl)c(Cl)c2Cl)o1. The zero-order valence-corrected chi connectivity index (χ0v) is 20.2. The van der Waals surface area contributed by atoms with Gasteiger partial charge in [0.15, 0.2) is 11.5 Å². The number of nitrogens with one attached hydrogen (secondary N) is 1. The van der Waals surface area contributed by atoms with E-state index < -0.39 is 0 Å². The van der Waals surface area contributed by atoms with Crippen molar-refractivity contribution in [2.75, 3.05) is 0 Å². The Morgan fingerprint density at radius 3 is 1.97 bits per heavy atom. The van der Waals surface area contributed by atoms with Crippen LogP contribution in [0.2, 0.25) is 25.1 Å². The van der Waals surface area contributed by atoms with Gasteiger partial charge < -0.3 is 14.5 Å². The van der Waals surface area contributed by atoms with Crippen LogP contribution in [-0.2, 0) is 6.61 Å². The van der Waals surface area contributed by atoms with Gasteiger partial charge in [0, 0.05) is 5.54 Å². The van der Waals surface area contributed by atoms with Crippen molar-refractivity contribution in [3.05, 3.63) is 48.8 Å². The molecule has 1 heterocycles. The molecule has 1 amide bonds. The van der Waals surface area contributed by atoms with Crippen LogP contribution in [0.25, 0.3) is 0 Å². The summed E-state index contributed by atoms with van der Waals surface area (Å²) in [7, 11) is 0. The molecule has 166 valence electrons. The summed E-state index contributed by atoms with van der Waals surface area (Å²) in [6.45, 7) is -0.00161. The van der Waals surface area contributed by atoms with Crippen LogP contribution < -0.4 is 10.1 Å². The molecule has 4 nitrogen and oxygen atoms in total. The Morgan fingerprint density at radius 1 is 0.903 bits per heavy atom. The van der Waals surface area contributed by atoms with E-state index in [4.69, 9.17) is 67.2 Å².